The fourth-order valence-electron chi connectivity index (χ4n) is 2.58. The van der Waals surface area contributed by atoms with E-state index in [1.807, 2.05) is 6.92 Å². The van der Waals surface area contributed by atoms with Crippen molar-refractivity contribution in [2.75, 3.05) is 39.5 Å². The minimum Gasteiger partial charge on any atom is -0.463 e. The van der Waals surface area contributed by atoms with Crippen LogP contribution in [0.4, 0.5) is 0 Å². The maximum atomic E-state index is 11.6. The summed E-state index contributed by atoms with van der Waals surface area (Å²) in [5.74, 6) is -0.989. The van der Waals surface area contributed by atoms with Gasteiger partial charge >= 0.3 is 11.9 Å². The van der Waals surface area contributed by atoms with Gasteiger partial charge in [-0.15, -0.1) is 0 Å². The molecule has 1 aliphatic heterocycles. The summed E-state index contributed by atoms with van der Waals surface area (Å²) in [5, 5.41) is 0. The van der Waals surface area contributed by atoms with E-state index in [0.29, 0.717) is 6.61 Å². The first-order valence-corrected chi connectivity index (χ1v) is 9.47. The Morgan fingerprint density at radius 3 is 2.52 bits per heavy atom. The number of esters is 2. The van der Waals surface area contributed by atoms with Gasteiger partial charge in [0.05, 0.1) is 25.9 Å². The Hall–Kier alpha value is -1.40. The van der Waals surface area contributed by atoms with Crippen molar-refractivity contribution in [2.45, 2.75) is 58.5 Å². The largest absolute Gasteiger partial charge is 0.463 e. The zero-order valence-corrected chi connectivity index (χ0v) is 15.7. The molecule has 0 saturated carbocycles. The number of unbranched alkanes of at least 4 members (excludes halogenated alkanes) is 3. The molecule has 25 heavy (non-hydrogen) atoms. The number of carbonyl (C=O) groups excluding carboxylic acids is 2. The molecule has 1 atom stereocenters. The third-order valence-electron chi connectivity index (χ3n) is 4.10. The van der Waals surface area contributed by atoms with Crippen molar-refractivity contribution in [3.8, 4) is 0 Å². The van der Waals surface area contributed by atoms with E-state index in [1.165, 1.54) is 0 Å². The van der Waals surface area contributed by atoms with Gasteiger partial charge in [-0.25, -0.2) is 9.59 Å². The van der Waals surface area contributed by atoms with Crippen LogP contribution < -0.4 is 0 Å². The van der Waals surface area contributed by atoms with Crippen LogP contribution in [-0.2, 0) is 23.8 Å². The lowest BCUT2D eigenvalue weighted by atomic mass is 10.2. The smallest absolute Gasteiger partial charge is 0.331 e. The maximum Gasteiger partial charge on any atom is 0.331 e. The van der Waals surface area contributed by atoms with Crippen LogP contribution in [0, 0.1) is 0 Å². The van der Waals surface area contributed by atoms with E-state index in [4.69, 9.17) is 14.2 Å². The zero-order valence-electron chi connectivity index (χ0n) is 15.7. The topological polar surface area (TPSA) is 65.1 Å². The fourth-order valence-corrected chi connectivity index (χ4v) is 2.58. The van der Waals surface area contributed by atoms with Crippen LogP contribution in [0.3, 0.4) is 0 Å². The van der Waals surface area contributed by atoms with Gasteiger partial charge in [0.1, 0.15) is 0 Å². The monoisotopic (exact) mass is 355 g/mol. The van der Waals surface area contributed by atoms with Gasteiger partial charge in [0, 0.05) is 25.2 Å². The standard InChI is InChI=1S/C19H33NO5/c1-3-4-8-17(2)25-19(22)10-9-18(21)24-14-7-5-6-11-20-12-15-23-16-13-20/h9-10,17H,3-8,11-16H2,1-2H3/b10-9+. The maximum absolute atomic E-state index is 11.6. The van der Waals surface area contributed by atoms with Crippen LogP contribution in [0.5, 0.6) is 0 Å². The van der Waals surface area contributed by atoms with Crippen molar-refractivity contribution in [3.05, 3.63) is 12.2 Å². The molecule has 0 bridgehead atoms. The molecule has 0 aromatic rings. The molecule has 0 spiro atoms. The Kier molecular flexibility index (Phi) is 12.0. The van der Waals surface area contributed by atoms with Gasteiger partial charge in [-0.05, 0) is 39.2 Å². The summed E-state index contributed by atoms with van der Waals surface area (Å²) in [6.07, 6.45) is 8.03. The number of carbonyl (C=O) groups is 2. The molecule has 0 aromatic heterocycles. The number of nitrogens with zero attached hydrogens (tertiary/aromatic N) is 1. The first-order valence-electron chi connectivity index (χ1n) is 9.47. The Bertz CT molecular complexity index is 405. The average molecular weight is 355 g/mol. The van der Waals surface area contributed by atoms with Gasteiger partial charge in [0.25, 0.3) is 0 Å². The normalized spacial score (nSPS) is 16.7. The molecule has 0 N–H and O–H groups in total. The summed E-state index contributed by atoms with van der Waals surface area (Å²) >= 11 is 0. The molecule has 1 fully saturated rings. The summed E-state index contributed by atoms with van der Waals surface area (Å²) in [6.45, 7) is 9.06. The Morgan fingerprint density at radius 2 is 1.80 bits per heavy atom. The molecular formula is C19H33NO5. The molecule has 1 unspecified atom stereocenters. The van der Waals surface area contributed by atoms with E-state index in [-0.39, 0.29) is 6.10 Å². The molecule has 0 aliphatic carbocycles. The van der Waals surface area contributed by atoms with Crippen molar-refractivity contribution < 1.29 is 23.8 Å². The van der Waals surface area contributed by atoms with Gasteiger partial charge in [-0.2, -0.15) is 0 Å². The van der Waals surface area contributed by atoms with E-state index in [9.17, 15) is 9.59 Å². The van der Waals surface area contributed by atoms with Crippen LogP contribution in [0.25, 0.3) is 0 Å². The Morgan fingerprint density at radius 1 is 1.08 bits per heavy atom. The molecule has 0 amide bonds. The van der Waals surface area contributed by atoms with Gasteiger partial charge in [-0.3, -0.25) is 4.90 Å². The highest BCUT2D eigenvalue weighted by Gasteiger charge is 2.09. The highest BCUT2D eigenvalue weighted by atomic mass is 16.5. The molecule has 0 radical (unpaired) electrons. The van der Waals surface area contributed by atoms with Gasteiger partial charge in [-0.1, -0.05) is 19.8 Å². The van der Waals surface area contributed by atoms with E-state index in [2.05, 4.69) is 11.8 Å². The number of rotatable bonds is 12. The van der Waals surface area contributed by atoms with Crippen LogP contribution in [0.1, 0.15) is 52.4 Å². The highest BCUT2D eigenvalue weighted by molar-refractivity contribution is 5.91. The van der Waals surface area contributed by atoms with Crippen LogP contribution in [0.2, 0.25) is 0 Å². The highest BCUT2D eigenvalue weighted by Crippen LogP contribution is 2.05. The van der Waals surface area contributed by atoms with Crippen LogP contribution in [-0.4, -0.2) is 62.4 Å². The molecule has 1 saturated heterocycles. The molecule has 1 rings (SSSR count). The quantitative estimate of drug-likeness (QED) is 0.305. The number of hydrogen-bond acceptors (Lipinski definition) is 6. The van der Waals surface area contributed by atoms with Crippen LogP contribution in [0.15, 0.2) is 12.2 Å². The fraction of sp³-hybridized carbons (Fsp3) is 0.789. The van der Waals surface area contributed by atoms with Crippen molar-refractivity contribution in [3.63, 3.8) is 0 Å². The predicted octanol–water partition coefficient (Wildman–Crippen LogP) is 2.71. The summed E-state index contributed by atoms with van der Waals surface area (Å²) in [4.78, 5) is 25.5. The molecule has 1 heterocycles. The number of ether oxygens (including phenoxy) is 3. The zero-order chi connectivity index (χ0) is 18.3. The van der Waals surface area contributed by atoms with Crippen molar-refractivity contribution in [1.29, 1.82) is 0 Å². The SMILES string of the molecule is CCCCC(C)OC(=O)/C=C/C(=O)OCCCCCN1CCOCC1. The van der Waals surface area contributed by atoms with Gasteiger partial charge in [0.2, 0.25) is 0 Å². The third kappa shape index (κ3) is 11.7. The van der Waals surface area contributed by atoms with E-state index in [1.54, 1.807) is 0 Å². The van der Waals surface area contributed by atoms with E-state index in [0.717, 1.165) is 83.5 Å². The molecular weight excluding hydrogens is 322 g/mol. The summed E-state index contributed by atoms with van der Waals surface area (Å²) in [6, 6.07) is 0. The Labute approximate surface area is 151 Å². The third-order valence-corrected chi connectivity index (χ3v) is 4.10. The van der Waals surface area contributed by atoms with Crippen molar-refractivity contribution in [1.82, 2.24) is 4.90 Å². The minimum atomic E-state index is -0.494. The second-order valence-corrected chi connectivity index (χ2v) is 6.41. The average Bonchev–Trinajstić information content (AvgIpc) is 2.62. The first-order chi connectivity index (χ1) is 12.1. The summed E-state index contributed by atoms with van der Waals surface area (Å²) in [7, 11) is 0. The Balaban J connectivity index is 2.00. The predicted molar refractivity (Wildman–Crippen MR) is 96.3 cm³/mol. The molecule has 6 nitrogen and oxygen atoms in total. The molecule has 144 valence electrons. The lowest BCUT2D eigenvalue weighted by Gasteiger charge is -2.26. The molecule has 6 heteroatoms. The molecule has 0 aromatic carbocycles. The van der Waals surface area contributed by atoms with Gasteiger partial charge < -0.3 is 14.2 Å². The second-order valence-electron chi connectivity index (χ2n) is 6.41. The second kappa shape index (κ2) is 13.8. The summed E-state index contributed by atoms with van der Waals surface area (Å²) < 4.78 is 15.6. The van der Waals surface area contributed by atoms with E-state index >= 15 is 0 Å². The summed E-state index contributed by atoms with van der Waals surface area (Å²) in [5.41, 5.74) is 0. The first kappa shape index (κ1) is 21.6. The van der Waals surface area contributed by atoms with Crippen molar-refractivity contribution >= 4 is 11.9 Å². The number of morpholine rings is 1. The van der Waals surface area contributed by atoms with E-state index < -0.39 is 11.9 Å². The minimum absolute atomic E-state index is 0.125. The lowest BCUT2D eigenvalue weighted by molar-refractivity contribution is -0.143. The van der Waals surface area contributed by atoms with Gasteiger partial charge in [0.15, 0.2) is 0 Å². The molecule has 1 aliphatic rings. The number of hydrogen-bond donors (Lipinski definition) is 0. The van der Waals surface area contributed by atoms with Crippen molar-refractivity contribution in [2.24, 2.45) is 0 Å². The lowest BCUT2D eigenvalue weighted by Crippen LogP contribution is -2.36. The van der Waals surface area contributed by atoms with Crippen LogP contribution >= 0.6 is 0 Å².